The second-order valence-electron chi connectivity index (χ2n) is 5.08. The average Bonchev–Trinajstić information content (AvgIpc) is 2.66. The van der Waals surface area contributed by atoms with Gasteiger partial charge in [-0.25, -0.2) is 9.59 Å². The molecule has 2 aromatic carbocycles. The van der Waals surface area contributed by atoms with Crippen LogP contribution in [0, 0.1) is 10.1 Å². The molecule has 0 bridgehead atoms. The van der Waals surface area contributed by atoms with Crippen LogP contribution >= 0.6 is 11.6 Å². The third kappa shape index (κ3) is 5.05. The van der Waals surface area contributed by atoms with Gasteiger partial charge in [0.2, 0.25) is 0 Å². The van der Waals surface area contributed by atoms with E-state index in [2.05, 4.69) is 4.74 Å². The summed E-state index contributed by atoms with van der Waals surface area (Å²) in [5.41, 5.74) is 0.170. The van der Waals surface area contributed by atoms with E-state index in [1.54, 1.807) is 12.1 Å². The molecule has 0 aliphatic rings. The number of halogens is 1. The number of rotatable bonds is 6. The van der Waals surface area contributed by atoms with Crippen LogP contribution in [0.2, 0.25) is 5.02 Å². The van der Waals surface area contributed by atoms with Gasteiger partial charge < -0.3 is 14.2 Å². The molecule has 0 saturated carbocycles. The molecule has 27 heavy (non-hydrogen) atoms. The number of esters is 2. The van der Waals surface area contributed by atoms with Crippen LogP contribution in [-0.4, -0.2) is 31.1 Å². The van der Waals surface area contributed by atoms with Crippen LogP contribution in [0.15, 0.2) is 42.5 Å². The fourth-order valence-corrected chi connectivity index (χ4v) is 2.23. The Morgan fingerprint density at radius 2 is 1.85 bits per heavy atom. The van der Waals surface area contributed by atoms with Crippen molar-refractivity contribution < 1.29 is 28.7 Å². The molecule has 9 heteroatoms. The molecular formula is C18H14ClNO7. The smallest absolute Gasteiger partial charge is 0.343 e. The lowest BCUT2D eigenvalue weighted by Crippen LogP contribution is -2.10. The fraction of sp³-hybridized carbons (Fsp3) is 0.111. The summed E-state index contributed by atoms with van der Waals surface area (Å²) >= 11 is 5.73. The van der Waals surface area contributed by atoms with Crippen LogP contribution < -0.4 is 9.47 Å². The lowest BCUT2D eigenvalue weighted by atomic mass is 10.1. The number of carbonyl (C=O) groups is 2. The number of carbonyl (C=O) groups excluding carboxylic acids is 2. The van der Waals surface area contributed by atoms with Gasteiger partial charge in [-0.15, -0.1) is 0 Å². The summed E-state index contributed by atoms with van der Waals surface area (Å²) in [7, 11) is 2.64. The Morgan fingerprint density at radius 1 is 1.11 bits per heavy atom. The van der Waals surface area contributed by atoms with Crippen LogP contribution in [-0.2, 0) is 9.53 Å². The number of nitro groups is 1. The maximum atomic E-state index is 12.3. The van der Waals surface area contributed by atoms with Gasteiger partial charge in [0.25, 0.3) is 5.69 Å². The summed E-state index contributed by atoms with van der Waals surface area (Å²) in [4.78, 5) is 33.7. The molecule has 0 aliphatic heterocycles. The molecule has 0 saturated heterocycles. The molecule has 0 spiro atoms. The number of nitrogens with zero attached hydrogens (tertiary/aromatic N) is 1. The van der Waals surface area contributed by atoms with Crippen molar-refractivity contribution in [1.29, 1.82) is 0 Å². The van der Waals surface area contributed by atoms with Gasteiger partial charge in [-0.05, 0) is 35.9 Å². The number of benzene rings is 2. The third-order valence-electron chi connectivity index (χ3n) is 3.38. The Bertz CT molecular complexity index is 924. The largest absolute Gasteiger partial charge is 0.493 e. The van der Waals surface area contributed by atoms with Crippen molar-refractivity contribution in [3.63, 3.8) is 0 Å². The Labute approximate surface area is 159 Å². The molecule has 0 fully saturated rings. The van der Waals surface area contributed by atoms with Crippen LogP contribution in [0.4, 0.5) is 5.69 Å². The highest BCUT2D eigenvalue weighted by Gasteiger charge is 2.19. The van der Waals surface area contributed by atoms with Gasteiger partial charge in [0.05, 0.1) is 24.7 Å². The second kappa shape index (κ2) is 8.81. The zero-order valence-electron chi connectivity index (χ0n) is 14.3. The van der Waals surface area contributed by atoms with E-state index in [9.17, 15) is 19.7 Å². The monoisotopic (exact) mass is 391 g/mol. The molecule has 0 aromatic heterocycles. The summed E-state index contributed by atoms with van der Waals surface area (Å²) in [6.45, 7) is 0. The van der Waals surface area contributed by atoms with Gasteiger partial charge in [0.15, 0.2) is 11.5 Å². The first-order chi connectivity index (χ1) is 12.8. The topological polar surface area (TPSA) is 105 Å². The highest BCUT2D eigenvalue weighted by atomic mass is 35.5. The molecule has 0 heterocycles. The lowest BCUT2D eigenvalue weighted by Gasteiger charge is -2.10. The maximum Gasteiger partial charge on any atom is 0.343 e. The van der Waals surface area contributed by atoms with Crippen molar-refractivity contribution in [3.05, 3.63) is 68.7 Å². The first kappa shape index (κ1) is 19.9. The standard InChI is InChI=1S/C18H14ClNO7/c1-25-16-9-11(4-8-17(21)26-2)3-7-15(16)27-18(22)12-5-6-13(19)14(10-12)20(23)24/h3-10H,1-2H3. The number of ether oxygens (including phenoxy) is 3. The molecule has 0 amide bonds. The van der Waals surface area contributed by atoms with Crippen LogP contribution in [0.25, 0.3) is 6.08 Å². The molecular weight excluding hydrogens is 378 g/mol. The van der Waals surface area contributed by atoms with Crippen LogP contribution in [0.3, 0.4) is 0 Å². The van der Waals surface area contributed by atoms with Gasteiger partial charge in [0, 0.05) is 12.1 Å². The first-order valence-electron chi connectivity index (χ1n) is 7.46. The molecule has 140 valence electrons. The number of hydrogen-bond acceptors (Lipinski definition) is 7. The van der Waals surface area contributed by atoms with Crippen molar-refractivity contribution in [2.75, 3.05) is 14.2 Å². The highest BCUT2D eigenvalue weighted by Crippen LogP contribution is 2.30. The van der Waals surface area contributed by atoms with E-state index in [4.69, 9.17) is 21.1 Å². The zero-order valence-corrected chi connectivity index (χ0v) is 15.1. The third-order valence-corrected chi connectivity index (χ3v) is 3.70. The van der Waals surface area contributed by atoms with Gasteiger partial charge >= 0.3 is 11.9 Å². The molecule has 0 aliphatic carbocycles. The average molecular weight is 392 g/mol. The van der Waals surface area contributed by atoms with Gasteiger partial charge in [0.1, 0.15) is 5.02 Å². The Morgan fingerprint density at radius 3 is 2.48 bits per heavy atom. The van der Waals surface area contributed by atoms with Crippen LogP contribution in [0.5, 0.6) is 11.5 Å². The Hall–Kier alpha value is -3.39. The normalized spacial score (nSPS) is 10.5. The molecule has 0 N–H and O–H groups in total. The molecule has 8 nitrogen and oxygen atoms in total. The van der Waals surface area contributed by atoms with E-state index in [1.807, 2.05) is 0 Å². The van der Waals surface area contributed by atoms with Crippen molar-refractivity contribution in [2.45, 2.75) is 0 Å². The van der Waals surface area contributed by atoms with Crippen molar-refractivity contribution in [2.24, 2.45) is 0 Å². The zero-order chi connectivity index (χ0) is 20.0. The molecule has 0 atom stereocenters. The van der Waals surface area contributed by atoms with Crippen molar-refractivity contribution in [3.8, 4) is 11.5 Å². The second-order valence-corrected chi connectivity index (χ2v) is 5.49. The molecule has 2 aromatic rings. The summed E-state index contributed by atoms with van der Waals surface area (Å²) in [6, 6.07) is 8.20. The summed E-state index contributed by atoms with van der Waals surface area (Å²) in [5.74, 6) is -0.992. The molecule has 0 unspecified atom stereocenters. The minimum atomic E-state index is -0.814. The number of hydrogen-bond donors (Lipinski definition) is 0. The molecule has 0 radical (unpaired) electrons. The Balaban J connectivity index is 2.25. The van der Waals surface area contributed by atoms with E-state index in [-0.39, 0.29) is 22.1 Å². The maximum absolute atomic E-state index is 12.3. The predicted molar refractivity (Wildman–Crippen MR) is 97.1 cm³/mol. The van der Waals surface area contributed by atoms with E-state index in [1.165, 1.54) is 44.6 Å². The minimum Gasteiger partial charge on any atom is -0.493 e. The Kier molecular flexibility index (Phi) is 6.51. The molecule has 2 rings (SSSR count). The number of nitro benzene ring substituents is 1. The van der Waals surface area contributed by atoms with E-state index < -0.39 is 22.5 Å². The quantitative estimate of drug-likeness (QED) is 0.243. The van der Waals surface area contributed by atoms with Crippen LogP contribution in [0.1, 0.15) is 15.9 Å². The van der Waals surface area contributed by atoms with Gasteiger partial charge in [-0.1, -0.05) is 17.7 Å². The van der Waals surface area contributed by atoms with E-state index in [0.29, 0.717) is 5.56 Å². The summed E-state index contributed by atoms with van der Waals surface area (Å²) in [6.07, 6.45) is 2.73. The van der Waals surface area contributed by atoms with Gasteiger partial charge in [-0.3, -0.25) is 10.1 Å². The van der Waals surface area contributed by atoms with Crippen molar-refractivity contribution >= 4 is 35.3 Å². The lowest BCUT2D eigenvalue weighted by molar-refractivity contribution is -0.384. The first-order valence-corrected chi connectivity index (χ1v) is 7.83. The highest BCUT2D eigenvalue weighted by molar-refractivity contribution is 6.32. The summed E-state index contributed by atoms with van der Waals surface area (Å²) < 4.78 is 14.9. The van der Waals surface area contributed by atoms with E-state index in [0.717, 1.165) is 6.07 Å². The van der Waals surface area contributed by atoms with E-state index >= 15 is 0 Å². The van der Waals surface area contributed by atoms with Gasteiger partial charge in [-0.2, -0.15) is 0 Å². The summed E-state index contributed by atoms with van der Waals surface area (Å²) in [5, 5.41) is 10.8. The SMILES string of the molecule is COC(=O)C=Cc1ccc(OC(=O)c2ccc(Cl)c([N+](=O)[O-])c2)c(OC)c1. The minimum absolute atomic E-state index is 0.0391. The fourth-order valence-electron chi connectivity index (χ4n) is 2.04. The van der Waals surface area contributed by atoms with Crippen molar-refractivity contribution in [1.82, 2.24) is 0 Å². The predicted octanol–water partition coefficient (Wildman–Crippen LogP) is 3.66. The number of methoxy groups -OCH3 is 2.